The van der Waals surface area contributed by atoms with Gasteiger partial charge in [-0.25, -0.2) is 13.1 Å². The van der Waals surface area contributed by atoms with Gasteiger partial charge in [0.25, 0.3) is 5.91 Å². The number of benzene rings is 1. The molecule has 0 saturated carbocycles. The number of thiophene rings is 1. The summed E-state index contributed by atoms with van der Waals surface area (Å²) in [5.74, 6) is -0.996. The number of aromatic nitrogens is 1. The Bertz CT molecular complexity index is 1400. The molecular formula is C21H16Cl2N2O4S2. The number of nitrogens with one attached hydrogen (secondary N) is 1. The number of hydrogen-bond donors (Lipinski definition) is 1. The van der Waals surface area contributed by atoms with Gasteiger partial charge in [0.15, 0.2) is 5.78 Å². The van der Waals surface area contributed by atoms with E-state index >= 15 is 0 Å². The summed E-state index contributed by atoms with van der Waals surface area (Å²) in [6.45, 7) is 0.263. The Kier molecular flexibility index (Phi) is 5.83. The van der Waals surface area contributed by atoms with Crippen LogP contribution in [0.25, 0.3) is 16.5 Å². The quantitative estimate of drug-likeness (QED) is 0.558. The third kappa shape index (κ3) is 4.48. The van der Waals surface area contributed by atoms with Gasteiger partial charge < -0.3 is 4.57 Å². The average Bonchev–Trinajstić information content (AvgIpc) is 3.22. The predicted molar refractivity (Wildman–Crippen MR) is 124 cm³/mol. The number of amides is 1. The molecule has 1 aliphatic rings. The van der Waals surface area contributed by atoms with Crippen LogP contribution in [0.1, 0.15) is 27.3 Å². The molecule has 0 atom stereocenters. The molecular weight excluding hydrogens is 479 g/mol. The molecule has 1 amide bonds. The number of sulfonamides is 1. The first-order valence-corrected chi connectivity index (χ1v) is 12.6. The van der Waals surface area contributed by atoms with Crippen molar-refractivity contribution in [3.05, 3.63) is 74.1 Å². The first kappa shape index (κ1) is 21.8. The molecule has 0 fully saturated rings. The van der Waals surface area contributed by atoms with E-state index in [1.165, 1.54) is 11.3 Å². The minimum absolute atomic E-state index is 0.0714. The molecule has 0 radical (unpaired) electrons. The lowest BCUT2D eigenvalue weighted by molar-refractivity contribution is -0.113. The molecule has 160 valence electrons. The fraction of sp³-hybridized carbons (Fsp3) is 0.143. The van der Waals surface area contributed by atoms with E-state index in [-0.39, 0.29) is 24.4 Å². The van der Waals surface area contributed by atoms with Crippen molar-refractivity contribution >= 4 is 72.7 Å². The van der Waals surface area contributed by atoms with E-state index in [0.717, 1.165) is 11.1 Å². The minimum atomic E-state index is -3.84. The molecule has 0 bridgehead atoms. The highest BCUT2D eigenvalue weighted by atomic mass is 35.5. The van der Waals surface area contributed by atoms with Crippen molar-refractivity contribution in [2.75, 3.05) is 6.26 Å². The van der Waals surface area contributed by atoms with E-state index in [1.54, 1.807) is 47.1 Å². The van der Waals surface area contributed by atoms with Gasteiger partial charge in [-0.15, -0.1) is 11.3 Å². The lowest BCUT2D eigenvalue weighted by Crippen LogP contribution is -2.32. The summed E-state index contributed by atoms with van der Waals surface area (Å²) >= 11 is 13.7. The highest BCUT2D eigenvalue weighted by molar-refractivity contribution is 7.89. The number of carbonyl (C=O) groups is 2. The number of allylic oxidation sites excluding steroid dienone is 4. The largest absolute Gasteiger partial charge is 0.331 e. The lowest BCUT2D eigenvalue weighted by Gasteiger charge is -2.13. The van der Waals surface area contributed by atoms with Crippen molar-refractivity contribution in [1.29, 1.82) is 0 Å². The summed E-state index contributed by atoms with van der Waals surface area (Å²) in [5, 5.41) is 1.02. The third-order valence-electron chi connectivity index (χ3n) is 4.73. The van der Waals surface area contributed by atoms with E-state index in [9.17, 15) is 18.0 Å². The molecule has 0 aliphatic heterocycles. The van der Waals surface area contributed by atoms with Gasteiger partial charge >= 0.3 is 0 Å². The number of nitrogens with zero attached hydrogens (tertiary/aromatic N) is 1. The standard InChI is InChI=1S/C21H16Cl2N2O4S2/c1-31(28,29)24-21(27)20-19(14-4-2-3-5-17(14)26)15-10-12(22)6-8-16(15)25(20)11-13-7-9-18(23)30-13/h2-4,6-10H,5,11H2,1H3,(H,24,27). The molecule has 10 heteroatoms. The van der Waals surface area contributed by atoms with Gasteiger partial charge in [-0.1, -0.05) is 41.4 Å². The predicted octanol–water partition coefficient (Wildman–Crippen LogP) is 4.66. The Morgan fingerprint density at radius 2 is 2.00 bits per heavy atom. The van der Waals surface area contributed by atoms with Crippen LogP contribution in [0.3, 0.4) is 0 Å². The zero-order valence-corrected chi connectivity index (χ0v) is 19.3. The molecule has 0 unspecified atom stereocenters. The SMILES string of the molecule is CS(=O)(=O)NC(=O)c1c(C2=CC=CCC2=O)c2cc(Cl)ccc2n1Cc1ccc(Cl)s1. The van der Waals surface area contributed by atoms with Gasteiger partial charge in [-0.05, 0) is 30.3 Å². The number of Topliss-reactive ketones (excluding diaryl/α,β-unsaturated/α-hetero) is 1. The van der Waals surface area contributed by atoms with Crippen molar-refractivity contribution in [1.82, 2.24) is 9.29 Å². The third-order valence-corrected chi connectivity index (χ3v) is 6.74. The number of ketones is 1. The topological polar surface area (TPSA) is 85.2 Å². The molecule has 31 heavy (non-hydrogen) atoms. The Labute approximate surface area is 192 Å². The van der Waals surface area contributed by atoms with E-state index in [1.807, 2.05) is 10.8 Å². The maximum absolute atomic E-state index is 13.2. The van der Waals surface area contributed by atoms with Crippen LogP contribution >= 0.6 is 34.5 Å². The second-order valence-electron chi connectivity index (χ2n) is 7.02. The summed E-state index contributed by atoms with van der Waals surface area (Å²) in [6.07, 6.45) is 6.18. The van der Waals surface area contributed by atoms with Gasteiger partial charge in [0.05, 0.1) is 17.1 Å². The Hall–Kier alpha value is -2.39. The van der Waals surface area contributed by atoms with Crippen LogP contribution in [0.5, 0.6) is 0 Å². The van der Waals surface area contributed by atoms with Crippen LogP contribution in [0, 0.1) is 0 Å². The highest BCUT2D eigenvalue weighted by Crippen LogP contribution is 2.37. The first-order chi connectivity index (χ1) is 14.6. The smallest absolute Gasteiger partial charge is 0.282 e. The lowest BCUT2D eigenvalue weighted by atomic mass is 9.93. The molecule has 1 aliphatic carbocycles. The van der Waals surface area contributed by atoms with Crippen molar-refractivity contribution in [3.63, 3.8) is 0 Å². The van der Waals surface area contributed by atoms with Crippen LogP contribution < -0.4 is 4.72 Å². The van der Waals surface area contributed by atoms with Gasteiger partial charge in [0.1, 0.15) is 5.69 Å². The average molecular weight is 495 g/mol. The molecule has 1 N–H and O–H groups in total. The number of rotatable bonds is 5. The van der Waals surface area contributed by atoms with Crippen molar-refractivity contribution < 1.29 is 18.0 Å². The Morgan fingerprint density at radius 1 is 1.23 bits per heavy atom. The summed E-state index contributed by atoms with van der Waals surface area (Å²) < 4.78 is 28.0. The summed E-state index contributed by atoms with van der Waals surface area (Å²) in [7, 11) is -3.84. The van der Waals surface area contributed by atoms with Crippen LogP contribution in [-0.2, 0) is 21.4 Å². The van der Waals surface area contributed by atoms with Crippen molar-refractivity contribution in [3.8, 4) is 0 Å². The van der Waals surface area contributed by atoms with Crippen LogP contribution in [0.4, 0.5) is 0 Å². The van der Waals surface area contributed by atoms with E-state index in [0.29, 0.717) is 31.4 Å². The molecule has 4 rings (SSSR count). The number of fused-ring (bicyclic) bond motifs is 1. The Morgan fingerprint density at radius 3 is 2.65 bits per heavy atom. The number of hydrogen-bond acceptors (Lipinski definition) is 5. The van der Waals surface area contributed by atoms with Gasteiger partial charge in [-0.3, -0.25) is 9.59 Å². The number of halogens is 2. The second-order valence-corrected chi connectivity index (χ2v) is 11.0. The number of carbonyl (C=O) groups excluding carboxylic acids is 2. The van der Waals surface area contributed by atoms with E-state index in [2.05, 4.69) is 0 Å². The molecule has 0 saturated heterocycles. The van der Waals surface area contributed by atoms with E-state index < -0.39 is 15.9 Å². The van der Waals surface area contributed by atoms with E-state index in [4.69, 9.17) is 23.2 Å². The minimum Gasteiger partial charge on any atom is -0.331 e. The van der Waals surface area contributed by atoms with Gasteiger partial charge in [-0.2, -0.15) is 0 Å². The molecule has 1 aromatic carbocycles. The van der Waals surface area contributed by atoms with Crippen molar-refractivity contribution in [2.24, 2.45) is 0 Å². The summed E-state index contributed by atoms with van der Waals surface area (Å²) in [6, 6.07) is 8.69. The maximum atomic E-state index is 13.2. The van der Waals surface area contributed by atoms with Crippen LogP contribution in [0.15, 0.2) is 48.6 Å². The summed E-state index contributed by atoms with van der Waals surface area (Å²) in [5.41, 5.74) is 1.40. The van der Waals surface area contributed by atoms with Crippen LogP contribution in [0.2, 0.25) is 9.36 Å². The Balaban J connectivity index is 2.05. The normalized spacial score (nSPS) is 14.2. The monoisotopic (exact) mass is 494 g/mol. The molecule has 2 aromatic heterocycles. The fourth-order valence-corrected chi connectivity index (χ4v) is 5.26. The van der Waals surface area contributed by atoms with Crippen molar-refractivity contribution in [2.45, 2.75) is 13.0 Å². The maximum Gasteiger partial charge on any atom is 0.282 e. The summed E-state index contributed by atoms with van der Waals surface area (Å²) in [4.78, 5) is 26.8. The zero-order valence-electron chi connectivity index (χ0n) is 16.2. The molecule has 0 spiro atoms. The second kappa shape index (κ2) is 8.27. The van der Waals surface area contributed by atoms with Gasteiger partial charge in [0, 0.05) is 38.4 Å². The molecule has 3 aromatic rings. The zero-order chi connectivity index (χ0) is 22.3. The first-order valence-electron chi connectivity index (χ1n) is 9.12. The van der Waals surface area contributed by atoms with Gasteiger partial charge in [0.2, 0.25) is 10.0 Å². The molecule has 2 heterocycles. The fourth-order valence-electron chi connectivity index (χ4n) is 3.57. The van der Waals surface area contributed by atoms with Crippen LogP contribution in [-0.4, -0.2) is 30.9 Å². The molecule has 6 nitrogen and oxygen atoms in total. The highest BCUT2D eigenvalue weighted by Gasteiger charge is 2.29.